The molecule has 1 aliphatic heterocycles. The molecule has 1 aromatic rings. The minimum absolute atomic E-state index is 0.0585. The third-order valence-corrected chi connectivity index (χ3v) is 2.89. The van der Waals surface area contributed by atoms with Crippen LogP contribution in [0.2, 0.25) is 0 Å². The molecule has 2 heterocycles. The molecule has 0 aromatic carbocycles. The quantitative estimate of drug-likeness (QED) is 0.525. The Labute approximate surface area is 101 Å². The molecular formula is C12H18N4O. The topological polar surface area (TPSA) is 69.8 Å². The average molecular weight is 234 g/mol. The lowest BCUT2D eigenvalue weighted by atomic mass is 10.0. The van der Waals surface area contributed by atoms with E-state index >= 15 is 0 Å². The van der Waals surface area contributed by atoms with Crippen molar-refractivity contribution in [2.75, 3.05) is 6.54 Å². The summed E-state index contributed by atoms with van der Waals surface area (Å²) in [6.07, 6.45) is 7.25. The molecule has 0 fully saturated rings. The van der Waals surface area contributed by atoms with Crippen molar-refractivity contribution in [1.82, 2.24) is 20.6 Å². The number of hydrogen-bond donors (Lipinski definition) is 3. The van der Waals surface area contributed by atoms with Crippen molar-refractivity contribution in [2.45, 2.75) is 32.4 Å². The fourth-order valence-corrected chi connectivity index (χ4v) is 1.92. The highest BCUT2D eigenvalue weighted by Gasteiger charge is 2.25. The Morgan fingerprint density at radius 2 is 2.59 bits per heavy atom. The second-order valence-electron chi connectivity index (χ2n) is 4.11. The van der Waals surface area contributed by atoms with E-state index in [1.54, 1.807) is 6.33 Å². The number of nitrogens with zero attached hydrogens (tertiary/aromatic N) is 1. The summed E-state index contributed by atoms with van der Waals surface area (Å²) in [5.74, 6) is 0.0585. The molecule has 0 saturated heterocycles. The van der Waals surface area contributed by atoms with Crippen LogP contribution in [0.5, 0.6) is 0 Å². The minimum Gasteiger partial charge on any atom is -0.354 e. The first-order valence-corrected chi connectivity index (χ1v) is 5.94. The van der Waals surface area contributed by atoms with Crippen LogP contribution in [0.15, 0.2) is 18.5 Å². The second kappa shape index (κ2) is 5.63. The number of rotatable bonds is 4. The van der Waals surface area contributed by atoms with Gasteiger partial charge in [0.1, 0.15) is 0 Å². The van der Waals surface area contributed by atoms with Gasteiger partial charge in [-0.2, -0.15) is 0 Å². The lowest BCUT2D eigenvalue weighted by Crippen LogP contribution is -2.47. The highest BCUT2D eigenvalue weighted by Crippen LogP contribution is 2.11. The first-order valence-electron chi connectivity index (χ1n) is 5.94. The molecule has 17 heavy (non-hydrogen) atoms. The van der Waals surface area contributed by atoms with Gasteiger partial charge >= 0.3 is 0 Å². The third kappa shape index (κ3) is 2.94. The molecule has 0 bridgehead atoms. The molecule has 0 radical (unpaired) electrons. The molecule has 1 unspecified atom stereocenters. The van der Waals surface area contributed by atoms with Gasteiger partial charge in [0.05, 0.1) is 23.8 Å². The first-order chi connectivity index (χ1) is 8.31. The van der Waals surface area contributed by atoms with Crippen molar-refractivity contribution in [3.8, 4) is 0 Å². The fraction of sp³-hybridized carbons (Fsp3) is 0.500. The maximum absolute atomic E-state index is 11.9. The van der Waals surface area contributed by atoms with Crippen molar-refractivity contribution >= 4 is 5.91 Å². The van der Waals surface area contributed by atoms with Gasteiger partial charge in [-0.05, 0) is 13.3 Å². The van der Waals surface area contributed by atoms with Crippen LogP contribution in [0, 0.1) is 0 Å². The van der Waals surface area contributed by atoms with Crippen LogP contribution < -0.4 is 10.6 Å². The van der Waals surface area contributed by atoms with Crippen LogP contribution in [0.3, 0.4) is 0 Å². The smallest absolute Gasteiger partial charge is 0.237 e. The highest BCUT2D eigenvalue weighted by atomic mass is 16.2. The number of aromatic amines is 1. The molecule has 0 saturated carbocycles. The number of nitrogens with one attached hydrogen (secondary N) is 3. The first kappa shape index (κ1) is 11.9. The molecular weight excluding hydrogens is 216 g/mol. The predicted molar refractivity (Wildman–Crippen MR) is 65.4 cm³/mol. The largest absolute Gasteiger partial charge is 0.354 e. The zero-order chi connectivity index (χ0) is 12.1. The van der Waals surface area contributed by atoms with Gasteiger partial charge in [0.25, 0.3) is 0 Å². The second-order valence-corrected chi connectivity index (χ2v) is 4.11. The summed E-state index contributed by atoms with van der Waals surface area (Å²) in [6.45, 7) is 3.35. The zero-order valence-corrected chi connectivity index (χ0v) is 9.99. The summed E-state index contributed by atoms with van der Waals surface area (Å²) in [4.78, 5) is 19.1. The van der Waals surface area contributed by atoms with Gasteiger partial charge < -0.3 is 10.3 Å². The maximum atomic E-state index is 11.9. The van der Waals surface area contributed by atoms with Crippen LogP contribution in [0.25, 0.3) is 0 Å². The molecule has 1 aromatic heterocycles. The standard InChI is InChI=1S/C12H18N4O/c1-2-3-4-5-13-12(17)10-6-9-11(7-14-10)16-8-15-9/h2-3,8,10,14H,4-7H2,1H3,(H,13,17)(H,15,16)/b3-2+. The third-order valence-electron chi connectivity index (χ3n) is 2.89. The molecule has 5 nitrogen and oxygen atoms in total. The predicted octanol–water partition coefficient (Wildman–Crippen LogP) is 0.506. The van der Waals surface area contributed by atoms with Crippen LogP contribution in [-0.4, -0.2) is 28.5 Å². The summed E-state index contributed by atoms with van der Waals surface area (Å²) in [5, 5.41) is 6.12. The van der Waals surface area contributed by atoms with E-state index in [9.17, 15) is 4.79 Å². The van der Waals surface area contributed by atoms with Crippen LogP contribution in [0.4, 0.5) is 0 Å². The molecule has 5 heteroatoms. The molecule has 3 N–H and O–H groups in total. The summed E-state index contributed by atoms with van der Waals surface area (Å²) < 4.78 is 0. The Morgan fingerprint density at radius 1 is 1.71 bits per heavy atom. The van der Waals surface area contributed by atoms with Crippen LogP contribution >= 0.6 is 0 Å². The lowest BCUT2D eigenvalue weighted by Gasteiger charge is -2.22. The molecule has 1 aliphatic rings. The Bertz CT molecular complexity index is 410. The normalized spacial score (nSPS) is 19.2. The number of carbonyl (C=O) groups is 1. The van der Waals surface area contributed by atoms with E-state index in [1.807, 2.05) is 19.1 Å². The van der Waals surface area contributed by atoms with Gasteiger partial charge in [-0.1, -0.05) is 12.2 Å². The Morgan fingerprint density at radius 3 is 3.41 bits per heavy atom. The monoisotopic (exact) mass is 234 g/mol. The number of H-pyrrole nitrogens is 1. The molecule has 0 aliphatic carbocycles. The van der Waals surface area contributed by atoms with Gasteiger partial charge in [-0.25, -0.2) is 4.98 Å². The van der Waals surface area contributed by atoms with E-state index in [-0.39, 0.29) is 11.9 Å². The molecule has 1 amide bonds. The van der Waals surface area contributed by atoms with Crippen molar-refractivity contribution in [1.29, 1.82) is 0 Å². The fourth-order valence-electron chi connectivity index (χ4n) is 1.92. The Hall–Kier alpha value is -1.62. The van der Waals surface area contributed by atoms with Gasteiger partial charge in [0, 0.05) is 19.5 Å². The summed E-state index contributed by atoms with van der Waals surface area (Å²) in [6, 6.07) is -0.156. The van der Waals surface area contributed by atoms with Crippen molar-refractivity contribution in [3.63, 3.8) is 0 Å². The highest BCUT2D eigenvalue weighted by molar-refractivity contribution is 5.82. The van der Waals surface area contributed by atoms with Crippen LogP contribution in [-0.2, 0) is 17.8 Å². The van der Waals surface area contributed by atoms with E-state index in [1.165, 1.54) is 0 Å². The number of amides is 1. The molecule has 92 valence electrons. The number of carbonyl (C=O) groups excluding carboxylic acids is 1. The molecule has 2 rings (SSSR count). The van der Waals surface area contributed by atoms with E-state index in [4.69, 9.17) is 0 Å². The summed E-state index contributed by atoms with van der Waals surface area (Å²) in [5.41, 5.74) is 2.08. The Kier molecular flexibility index (Phi) is 3.93. The minimum atomic E-state index is -0.156. The van der Waals surface area contributed by atoms with Gasteiger partial charge in [0.2, 0.25) is 5.91 Å². The number of fused-ring (bicyclic) bond motifs is 1. The van der Waals surface area contributed by atoms with E-state index in [0.29, 0.717) is 19.5 Å². The van der Waals surface area contributed by atoms with Gasteiger partial charge in [-0.3, -0.25) is 10.1 Å². The maximum Gasteiger partial charge on any atom is 0.237 e. The van der Waals surface area contributed by atoms with Crippen LogP contribution in [0.1, 0.15) is 24.7 Å². The van der Waals surface area contributed by atoms with E-state index < -0.39 is 0 Å². The summed E-state index contributed by atoms with van der Waals surface area (Å²) in [7, 11) is 0. The molecule has 0 spiro atoms. The zero-order valence-electron chi connectivity index (χ0n) is 9.99. The van der Waals surface area contributed by atoms with Gasteiger partial charge in [-0.15, -0.1) is 0 Å². The summed E-state index contributed by atoms with van der Waals surface area (Å²) >= 11 is 0. The van der Waals surface area contributed by atoms with Crippen molar-refractivity contribution < 1.29 is 4.79 Å². The van der Waals surface area contributed by atoms with E-state index in [0.717, 1.165) is 17.8 Å². The van der Waals surface area contributed by atoms with Crippen molar-refractivity contribution in [3.05, 3.63) is 29.9 Å². The number of aromatic nitrogens is 2. The van der Waals surface area contributed by atoms with E-state index in [2.05, 4.69) is 20.6 Å². The SMILES string of the molecule is C/C=C/CCNC(=O)C1Cc2nc[nH]c2CN1. The van der Waals surface area contributed by atoms with Crippen molar-refractivity contribution in [2.24, 2.45) is 0 Å². The van der Waals surface area contributed by atoms with Gasteiger partial charge in [0.15, 0.2) is 0 Å². The number of allylic oxidation sites excluding steroid dienone is 1. The number of imidazole rings is 1. The Balaban J connectivity index is 1.82. The average Bonchev–Trinajstić information content (AvgIpc) is 2.81. The molecule has 1 atom stereocenters. The lowest BCUT2D eigenvalue weighted by molar-refractivity contribution is -0.123. The number of hydrogen-bond acceptors (Lipinski definition) is 3.